The third-order valence-corrected chi connectivity index (χ3v) is 4.10. The van der Waals surface area contributed by atoms with Crippen molar-refractivity contribution in [2.45, 2.75) is 13.8 Å². The van der Waals surface area contributed by atoms with E-state index in [0.717, 1.165) is 33.8 Å². The minimum absolute atomic E-state index is 0.0819. The first kappa shape index (κ1) is 15.4. The highest BCUT2D eigenvalue weighted by molar-refractivity contribution is 6.05. The summed E-state index contributed by atoms with van der Waals surface area (Å²) in [6.07, 6.45) is 0. The molecule has 25 heavy (non-hydrogen) atoms. The number of rotatable bonds is 3. The van der Waals surface area contributed by atoms with E-state index in [1.807, 2.05) is 61.2 Å². The highest BCUT2D eigenvalue weighted by Crippen LogP contribution is 2.38. The molecule has 1 aliphatic rings. The summed E-state index contributed by atoms with van der Waals surface area (Å²) in [5.41, 5.74) is 2.48. The van der Waals surface area contributed by atoms with Crippen molar-refractivity contribution in [2.75, 3.05) is 23.4 Å². The summed E-state index contributed by atoms with van der Waals surface area (Å²) in [6, 6.07) is 13.5. The van der Waals surface area contributed by atoms with Gasteiger partial charge < -0.3 is 15.0 Å². The van der Waals surface area contributed by atoms with E-state index in [1.54, 1.807) is 0 Å². The number of aryl methyl sites for hydroxylation is 1. The van der Waals surface area contributed by atoms with Crippen LogP contribution in [0.5, 0.6) is 5.75 Å². The van der Waals surface area contributed by atoms with E-state index in [-0.39, 0.29) is 12.5 Å². The number of aromatic nitrogens is 2. The van der Waals surface area contributed by atoms with Crippen molar-refractivity contribution in [3.63, 3.8) is 0 Å². The number of carbonyl (C=O) groups is 1. The molecule has 1 amide bonds. The van der Waals surface area contributed by atoms with Crippen molar-refractivity contribution < 1.29 is 9.53 Å². The second-order valence-electron chi connectivity index (χ2n) is 5.86. The van der Waals surface area contributed by atoms with Crippen LogP contribution in [-0.4, -0.2) is 29.0 Å². The third kappa shape index (κ3) is 2.76. The zero-order valence-electron chi connectivity index (χ0n) is 14.1. The summed E-state index contributed by atoms with van der Waals surface area (Å²) in [5.74, 6) is 2.06. The smallest absolute Gasteiger partial charge is 0.244 e. The number of hydrogen-bond donors (Lipinski definition) is 1. The van der Waals surface area contributed by atoms with Crippen LogP contribution >= 0.6 is 0 Å². The van der Waals surface area contributed by atoms with E-state index >= 15 is 0 Å². The number of anilines is 3. The number of ether oxygens (including phenoxy) is 1. The van der Waals surface area contributed by atoms with E-state index in [2.05, 4.69) is 15.3 Å². The lowest BCUT2D eigenvalue weighted by molar-refractivity contribution is -0.115. The number of nitrogens with zero attached hydrogens (tertiary/aromatic N) is 3. The molecule has 6 heteroatoms. The molecule has 0 aliphatic carbocycles. The van der Waals surface area contributed by atoms with Gasteiger partial charge in [-0.3, -0.25) is 4.79 Å². The molecule has 0 saturated heterocycles. The Labute approximate surface area is 145 Å². The van der Waals surface area contributed by atoms with Gasteiger partial charge in [-0.2, -0.15) is 0 Å². The lowest BCUT2D eigenvalue weighted by atomic mass is 10.1. The van der Waals surface area contributed by atoms with Gasteiger partial charge in [0.25, 0.3) is 0 Å². The van der Waals surface area contributed by atoms with E-state index in [4.69, 9.17) is 4.74 Å². The SMILES string of the molecule is CCOc1ccc2c(c1)NC(=O)CN2c1nc(C)nc2ccccc12. The molecule has 0 fully saturated rings. The summed E-state index contributed by atoms with van der Waals surface area (Å²) in [7, 11) is 0. The highest BCUT2D eigenvalue weighted by atomic mass is 16.5. The standard InChI is InChI=1S/C19H18N4O2/c1-3-25-13-8-9-17-16(10-13)22-18(24)11-23(17)19-14-6-4-5-7-15(14)20-12(2)21-19/h4-10H,3,11H2,1-2H3,(H,22,24). The van der Waals surface area contributed by atoms with Crippen LogP contribution in [0.1, 0.15) is 12.7 Å². The average molecular weight is 334 g/mol. The van der Waals surface area contributed by atoms with Gasteiger partial charge >= 0.3 is 0 Å². The van der Waals surface area contributed by atoms with Gasteiger partial charge in [-0.05, 0) is 38.1 Å². The van der Waals surface area contributed by atoms with Crippen molar-refractivity contribution in [3.8, 4) is 5.75 Å². The van der Waals surface area contributed by atoms with Crippen LogP contribution in [0.3, 0.4) is 0 Å². The van der Waals surface area contributed by atoms with Crippen LogP contribution in [0, 0.1) is 6.92 Å². The van der Waals surface area contributed by atoms with Crippen LogP contribution in [0.4, 0.5) is 17.2 Å². The number of nitrogens with one attached hydrogen (secondary N) is 1. The summed E-state index contributed by atoms with van der Waals surface area (Å²) in [6.45, 7) is 4.58. The molecule has 0 atom stereocenters. The Bertz CT molecular complexity index is 971. The summed E-state index contributed by atoms with van der Waals surface area (Å²) < 4.78 is 5.54. The Morgan fingerprint density at radius 1 is 1.20 bits per heavy atom. The minimum Gasteiger partial charge on any atom is -0.494 e. The zero-order valence-corrected chi connectivity index (χ0v) is 14.1. The fourth-order valence-electron chi connectivity index (χ4n) is 3.09. The van der Waals surface area contributed by atoms with Gasteiger partial charge in [0.15, 0.2) is 0 Å². The molecule has 2 heterocycles. The van der Waals surface area contributed by atoms with Crippen molar-refractivity contribution in [1.29, 1.82) is 0 Å². The normalized spacial score (nSPS) is 13.5. The van der Waals surface area contributed by atoms with Crippen molar-refractivity contribution in [1.82, 2.24) is 9.97 Å². The second-order valence-corrected chi connectivity index (χ2v) is 5.86. The van der Waals surface area contributed by atoms with Gasteiger partial charge in [0.2, 0.25) is 5.91 Å². The minimum atomic E-state index is -0.0819. The molecule has 0 bridgehead atoms. The second kappa shape index (κ2) is 6.05. The molecule has 6 nitrogen and oxygen atoms in total. The maximum absolute atomic E-state index is 12.3. The van der Waals surface area contributed by atoms with Crippen LogP contribution < -0.4 is 15.0 Å². The Morgan fingerprint density at radius 3 is 2.88 bits per heavy atom. The van der Waals surface area contributed by atoms with E-state index in [9.17, 15) is 4.79 Å². The van der Waals surface area contributed by atoms with Crippen molar-refractivity contribution in [3.05, 3.63) is 48.3 Å². The van der Waals surface area contributed by atoms with E-state index in [1.165, 1.54) is 0 Å². The van der Waals surface area contributed by atoms with Gasteiger partial charge in [-0.15, -0.1) is 0 Å². The molecule has 1 aliphatic heterocycles. The predicted octanol–water partition coefficient (Wildman–Crippen LogP) is 3.43. The first-order chi connectivity index (χ1) is 12.2. The lowest BCUT2D eigenvalue weighted by Gasteiger charge is -2.31. The molecule has 1 aromatic heterocycles. The number of benzene rings is 2. The third-order valence-electron chi connectivity index (χ3n) is 4.10. The number of fused-ring (bicyclic) bond motifs is 2. The number of hydrogen-bond acceptors (Lipinski definition) is 5. The number of para-hydroxylation sites is 1. The van der Waals surface area contributed by atoms with Crippen LogP contribution in [-0.2, 0) is 4.79 Å². The van der Waals surface area contributed by atoms with Crippen LogP contribution in [0.25, 0.3) is 10.9 Å². The summed E-state index contributed by atoms with van der Waals surface area (Å²) >= 11 is 0. The molecule has 1 N–H and O–H groups in total. The zero-order chi connectivity index (χ0) is 17.4. The first-order valence-electron chi connectivity index (χ1n) is 8.23. The van der Waals surface area contributed by atoms with Gasteiger partial charge in [-0.1, -0.05) is 12.1 Å². The molecule has 0 spiro atoms. The van der Waals surface area contributed by atoms with Gasteiger partial charge in [0.05, 0.1) is 23.5 Å². The van der Waals surface area contributed by atoms with Crippen LogP contribution in [0.2, 0.25) is 0 Å². The molecule has 4 rings (SSSR count). The van der Waals surface area contributed by atoms with E-state index in [0.29, 0.717) is 12.4 Å². The Hall–Kier alpha value is -3.15. The van der Waals surface area contributed by atoms with Gasteiger partial charge in [0, 0.05) is 11.5 Å². The Morgan fingerprint density at radius 2 is 2.04 bits per heavy atom. The molecule has 0 unspecified atom stereocenters. The predicted molar refractivity (Wildman–Crippen MR) is 97.5 cm³/mol. The maximum atomic E-state index is 12.3. The number of amides is 1. The Balaban J connectivity index is 1.89. The fraction of sp³-hybridized carbons (Fsp3) is 0.211. The number of carbonyl (C=O) groups excluding carboxylic acids is 1. The molecule has 0 radical (unpaired) electrons. The molecular formula is C19H18N4O2. The molecule has 126 valence electrons. The summed E-state index contributed by atoms with van der Waals surface area (Å²) in [5, 5.41) is 3.84. The monoisotopic (exact) mass is 334 g/mol. The Kier molecular flexibility index (Phi) is 3.72. The maximum Gasteiger partial charge on any atom is 0.244 e. The van der Waals surface area contributed by atoms with Crippen molar-refractivity contribution in [2.24, 2.45) is 0 Å². The van der Waals surface area contributed by atoms with Gasteiger partial charge in [0.1, 0.15) is 23.9 Å². The topological polar surface area (TPSA) is 67.3 Å². The first-order valence-corrected chi connectivity index (χ1v) is 8.23. The summed E-state index contributed by atoms with van der Waals surface area (Å²) in [4.78, 5) is 23.3. The van der Waals surface area contributed by atoms with Crippen LogP contribution in [0.15, 0.2) is 42.5 Å². The quantitative estimate of drug-likeness (QED) is 0.795. The van der Waals surface area contributed by atoms with Crippen molar-refractivity contribution >= 4 is 34.0 Å². The highest BCUT2D eigenvalue weighted by Gasteiger charge is 2.26. The molecule has 0 saturated carbocycles. The largest absolute Gasteiger partial charge is 0.494 e. The van der Waals surface area contributed by atoms with E-state index < -0.39 is 0 Å². The van der Waals surface area contributed by atoms with Gasteiger partial charge in [-0.25, -0.2) is 9.97 Å². The fourth-order valence-corrected chi connectivity index (χ4v) is 3.09. The molecular weight excluding hydrogens is 316 g/mol. The average Bonchev–Trinajstić information content (AvgIpc) is 2.60. The molecule has 2 aromatic carbocycles. The lowest BCUT2D eigenvalue weighted by Crippen LogP contribution is -2.35. The molecule has 3 aromatic rings.